The van der Waals surface area contributed by atoms with Gasteiger partial charge >= 0.3 is 0 Å². The van der Waals surface area contributed by atoms with Crippen molar-refractivity contribution in [3.8, 4) is 0 Å². The van der Waals surface area contributed by atoms with Crippen LogP contribution in [0.1, 0.15) is 143 Å². The second kappa shape index (κ2) is 49.1. The van der Waals surface area contributed by atoms with Crippen molar-refractivity contribution < 1.29 is 142 Å². The van der Waals surface area contributed by atoms with E-state index >= 15 is 0 Å². The van der Waals surface area contributed by atoms with Gasteiger partial charge in [-0.3, -0.25) is 38.4 Å². The first-order valence-electron chi connectivity index (χ1n) is 34.4. The number of Topliss-reactive ketones (excluding diaryl/α,β-unsaturated/α-hetero) is 2. The van der Waals surface area contributed by atoms with E-state index in [1.807, 2.05) is 0 Å². The molecule has 35 heteroatoms. The van der Waals surface area contributed by atoms with Crippen LogP contribution in [0.5, 0.6) is 0 Å². The van der Waals surface area contributed by atoms with Crippen LogP contribution in [0.15, 0.2) is 0 Å². The molecule has 6 amide bonds. The van der Waals surface area contributed by atoms with E-state index in [0.717, 1.165) is 0 Å². The highest BCUT2D eigenvalue weighted by Gasteiger charge is 2.46. The van der Waals surface area contributed by atoms with E-state index in [1.54, 1.807) is 20.8 Å². The Morgan fingerprint density at radius 1 is 0.333 bits per heavy atom. The molecule has 35 nitrogen and oxygen atoms in total. The summed E-state index contributed by atoms with van der Waals surface area (Å²) in [6.45, 7) is 3.54. The Labute approximate surface area is 577 Å². The molecule has 0 aromatic rings. The van der Waals surface area contributed by atoms with Crippen molar-refractivity contribution >= 4 is 47.0 Å². The van der Waals surface area contributed by atoms with Gasteiger partial charge < -0.3 is 136 Å². The zero-order valence-electron chi connectivity index (χ0n) is 57.4. The highest BCUT2D eigenvalue weighted by molar-refractivity contribution is 5.84. The Hall–Kier alpha value is -4.68. The predicted molar refractivity (Wildman–Crippen MR) is 345 cm³/mol. The third-order valence-corrected chi connectivity index (χ3v) is 16.4. The Morgan fingerprint density at radius 3 is 1.01 bits per heavy atom. The first-order chi connectivity index (χ1) is 47.2. The summed E-state index contributed by atoms with van der Waals surface area (Å²) in [6.07, 6.45) is -16.8. The fourth-order valence-electron chi connectivity index (χ4n) is 10.3. The van der Waals surface area contributed by atoms with E-state index in [9.17, 15) is 99.6 Å². The third kappa shape index (κ3) is 34.9. The SMILES string of the molecule is CC(C)(C)C(=O)CCCC(=O)NC(COCCC(=O)NCCCCC(=O)CCCCO[C@H]1OC(CO)[C@@H](O)[C@H](O)C1O)(COCCC(=O)NCCCNC(=O)CCCCO[C@H]1OC(CO)[C@@H](O)[C@H](O)C1O)COCCC(=O)NCCCNC(=O)CCCO[C@H]1OC(CO)[C@@H](O)[C@H](O)C1O. The normalized spacial score (nSPS) is 26.2. The van der Waals surface area contributed by atoms with Gasteiger partial charge in [0.25, 0.3) is 0 Å². The van der Waals surface area contributed by atoms with Gasteiger partial charge in [0.1, 0.15) is 90.4 Å². The minimum Gasteiger partial charge on any atom is -0.394 e. The fourth-order valence-corrected chi connectivity index (χ4v) is 10.3. The molecule has 0 radical (unpaired) electrons. The summed E-state index contributed by atoms with van der Waals surface area (Å²) in [6, 6.07) is 0. The molecule has 18 N–H and O–H groups in total. The van der Waals surface area contributed by atoms with E-state index in [2.05, 4.69) is 31.9 Å². The molecular weight excluding hydrogens is 1320 g/mol. The third-order valence-electron chi connectivity index (χ3n) is 16.4. The molecule has 574 valence electrons. The van der Waals surface area contributed by atoms with Gasteiger partial charge in [-0.25, -0.2) is 0 Å². The van der Waals surface area contributed by atoms with E-state index in [4.69, 9.17) is 42.6 Å². The minimum absolute atomic E-state index is 0.00274. The van der Waals surface area contributed by atoms with Gasteiger partial charge in [-0.1, -0.05) is 20.8 Å². The van der Waals surface area contributed by atoms with E-state index in [0.29, 0.717) is 51.4 Å². The number of nitrogens with one attached hydrogen (secondary N) is 6. The predicted octanol–water partition coefficient (Wildman–Crippen LogP) is -5.48. The number of aliphatic hydroxyl groups excluding tert-OH is 12. The van der Waals surface area contributed by atoms with Crippen molar-refractivity contribution in [1.82, 2.24) is 31.9 Å². The molecule has 99 heavy (non-hydrogen) atoms. The van der Waals surface area contributed by atoms with Gasteiger partial charge in [0.15, 0.2) is 18.9 Å². The van der Waals surface area contributed by atoms with Gasteiger partial charge in [0.05, 0.1) is 66.1 Å². The van der Waals surface area contributed by atoms with Gasteiger partial charge in [0, 0.05) is 109 Å². The van der Waals surface area contributed by atoms with Crippen LogP contribution in [0.25, 0.3) is 0 Å². The monoisotopic (exact) mass is 1430 g/mol. The van der Waals surface area contributed by atoms with E-state index < -0.39 is 135 Å². The molecule has 0 spiro atoms. The van der Waals surface area contributed by atoms with Crippen LogP contribution < -0.4 is 31.9 Å². The number of hydrogen-bond acceptors (Lipinski definition) is 29. The zero-order valence-corrected chi connectivity index (χ0v) is 57.4. The van der Waals surface area contributed by atoms with Crippen LogP contribution in [-0.4, -0.2) is 318 Å². The lowest BCUT2D eigenvalue weighted by Gasteiger charge is -2.39. The molecule has 3 saturated heterocycles. The maximum Gasteiger partial charge on any atom is 0.222 e. The first kappa shape index (κ1) is 88.5. The topological polar surface area (TPSA) is 535 Å². The molecule has 3 heterocycles. The molecule has 3 fully saturated rings. The van der Waals surface area contributed by atoms with Crippen LogP contribution in [0.4, 0.5) is 0 Å². The summed E-state index contributed by atoms with van der Waals surface area (Å²) >= 11 is 0. The highest BCUT2D eigenvalue weighted by Crippen LogP contribution is 2.26. The number of rotatable bonds is 53. The van der Waals surface area contributed by atoms with Gasteiger partial charge in [-0.2, -0.15) is 0 Å². The molecule has 0 aliphatic carbocycles. The molecule has 0 aromatic carbocycles. The summed E-state index contributed by atoms with van der Waals surface area (Å²) in [5.41, 5.74) is -2.09. The Balaban J connectivity index is 1.50. The molecule has 3 aliphatic rings. The average Bonchev–Trinajstić information content (AvgIpc) is 0.885. The first-order valence-corrected chi connectivity index (χ1v) is 34.4. The minimum atomic E-state index is -1.60. The maximum absolute atomic E-state index is 13.7. The lowest BCUT2D eigenvalue weighted by molar-refractivity contribution is -0.301. The maximum atomic E-state index is 13.7. The van der Waals surface area contributed by atoms with Gasteiger partial charge in [0.2, 0.25) is 35.4 Å². The molecule has 16 atom stereocenters. The van der Waals surface area contributed by atoms with Crippen molar-refractivity contribution in [2.75, 3.05) is 112 Å². The number of aliphatic hydroxyl groups is 12. The van der Waals surface area contributed by atoms with Crippen LogP contribution >= 0.6 is 0 Å². The largest absolute Gasteiger partial charge is 0.394 e. The van der Waals surface area contributed by atoms with E-state index in [-0.39, 0.29) is 198 Å². The quantitative estimate of drug-likeness (QED) is 0.0253. The lowest BCUT2D eigenvalue weighted by atomic mass is 9.88. The van der Waals surface area contributed by atoms with Crippen molar-refractivity contribution in [3.63, 3.8) is 0 Å². The van der Waals surface area contributed by atoms with Crippen molar-refractivity contribution in [2.24, 2.45) is 5.41 Å². The molecule has 0 bridgehead atoms. The van der Waals surface area contributed by atoms with Gasteiger partial charge in [-0.05, 0) is 64.2 Å². The number of ether oxygens (including phenoxy) is 9. The zero-order chi connectivity index (χ0) is 73.3. The summed E-state index contributed by atoms with van der Waals surface area (Å²) < 4.78 is 50.3. The van der Waals surface area contributed by atoms with E-state index in [1.165, 1.54) is 0 Å². The Morgan fingerprint density at radius 2 is 0.646 bits per heavy atom. The van der Waals surface area contributed by atoms with Gasteiger partial charge in [-0.15, -0.1) is 0 Å². The number of carbonyl (C=O) groups excluding carboxylic acids is 8. The van der Waals surface area contributed by atoms with Crippen molar-refractivity contribution in [3.05, 3.63) is 0 Å². The molecule has 3 aliphatic heterocycles. The van der Waals surface area contributed by atoms with Crippen LogP contribution in [0.3, 0.4) is 0 Å². The number of carbonyl (C=O) groups is 8. The number of amides is 6. The van der Waals surface area contributed by atoms with Crippen LogP contribution in [-0.2, 0) is 81.0 Å². The summed E-state index contributed by atoms with van der Waals surface area (Å²) in [5.74, 6) is -2.24. The molecule has 0 aromatic heterocycles. The Kier molecular flexibility index (Phi) is 43.9. The molecule has 7 unspecified atom stereocenters. The second-order valence-electron chi connectivity index (χ2n) is 25.9. The van der Waals surface area contributed by atoms with Crippen LogP contribution in [0.2, 0.25) is 0 Å². The Bertz CT molecular complexity index is 2250. The number of ketones is 2. The number of hydrogen-bond donors (Lipinski definition) is 18. The summed E-state index contributed by atoms with van der Waals surface area (Å²) in [4.78, 5) is 103. The summed E-state index contributed by atoms with van der Waals surface area (Å²) in [7, 11) is 0. The smallest absolute Gasteiger partial charge is 0.222 e. The van der Waals surface area contributed by atoms with Crippen molar-refractivity contribution in [1.29, 1.82) is 0 Å². The fraction of sp³-hybridized carbons (Fsp3) is 0.875. The van der Waals surface area contributed by atoms with Crippen LogP contribution in [0, 0.1) is 5.41 Å². The number of unbranched alkanes of at least 4 members (excludes halogenated alkanes) is 3. The molecule has 3 rings (SSSR count). The standard InChI is InChI=1S/C64H114N6O29/c1-63(2,3)44(75)16-10-18-50(81)70-64(39-93-33-22-49(80)69-27-13-25-67-46(77)19-11-30-96-62-59(90)56(87)53(84)43(36-73)99-62,37-91-31-20-47(78)65-23-7-4-14-40(74)15-5-8-28-94-60-57(88)54(85)51(82)41(34-71)97-60)38-92-32-21-48(79)68-26-12-24-66-45(76)17-6-9-29-95-61-58(89)55(86)52(83)42(35-72)98-61/h41-43,51-62,71-73,82-90H,4-39H2,1-3H3,(H,65,78)(H,66,76)(H,67,77)(H,68,79)(H,69,80)(H,70,81)/t41?,42?,43?,51-,52-,53-,54+,55+,56+,57?,58?,59?,60+,61+,62+,64?/m1/s1. The molecular formula is C64H114N6O29. The highest BCUT2D eigenvalue weighted by atomic mass is 16.7. The average molecular weight is 1430 g/mol. The molecule has 0 saturated carbocycles. The summed E-state index contributed by atoms with van der Waals surface area (Å²) in [5, 5.41) is 135. The lowest BCUT2D eigenvalue weighted by Crippen LogP contribution is -2.59. The van der Waals surface area contributed by atoms with Crippen molar-refractivity contribution in [2.45, 2.75) is 240 Å². The second-order valence-corrected chi connectivity index (χ2v) is 25.9.